The molecule has 1 saturated carbocycles. The van der Waals surface area contributed by atoms with E-state index < -0.39 is 0 Å². The predicted molar refractivity (Wildman–Crippen MR) is 127 cm³/mol. The van der Waals surface area contributed by atoms with Crippen LogP contribution in [0, 0.1) is 5.92 Å². The first-order valence-electron chi connectivity index (χ1n) is 11.6. The minimum atomic E-state index is -0.203. The molecule has 5 rings (SSSR count). The van der Waals surface area contributed by atoms with Gasteiger partial charge in [-0.05, 0) is 63.4 Å². The zero-order valence-corrected chi connectivity index (χ0v) is 19.2. The number of ether oxygens (including phenoxy) is 2. The molecule has 7 heteroatoms. The van der Waals surface area contributed by atoms with Crippen LogP contribution in [0.5, 0.6) is 11.5 Å². The Morgan fingerprint density at radius 2 is 1.97 bits per heavy atom. The highest BCUT2D eigenvalue weighted by atomic mass is 16.5. The van der Waals surface area contributed by atoms with E-state index in [1.54, 1.807) is 0 Å². The van der Waals surface area contributed by atoms with Gasteiger partial charge in [-0.3, -0.25) is 9.59 Å². The van der Waals surface area contributed by atoms with E-state index in [2.05, 4.69) is 15.6 Å². The van der Waals surface area contributed by atoms with Crippen LogP contribution < -0.4 is 20.1 Å². The highest BCUT2D eigenvalue weighted by Gasteiger charge is 2.29. The third kappa shape index (κ3) is 4.27. The Morgan fingerprint density at radius 1 is 1.21 bits per heavy atom. The summed E-state index contributed by atoms with van der Waals surface area (Å²) in [6, 6.07) is 11.2. The van der Waals surface area contributed by atoms with Gasteiger partial charge >= 0.3 is 0 Å². The first-order valence-corrected chi connectivity index (χ1v) is 11.6. The largest absolute Gasteiger partial charge is 0.493 e. The lowest BCUT2D eigenvalue weighted by molar-refractivity contribution is -0.117. The summed E-state index contributed by atoms with van der Waals surface area (Å²) in [5.74, 6) is 1.61. The van der Waals surface area contributed by atoms with Crippen molar-refractivity contribution in [3.63, 3.8) is 0 Å². The molecule has 0 bridgehead atoms. The van der Waals surface area contributed by atoms with Crippen molar-refractivity contribution < 1.29 is 19.1 Å². The minimum absolute atomic E-state index is 0.0826. The summed E-state index contributed by atoms with van der Waals surface area (Å²) in [7, 11) is 0. The monoisotopic (exact) mass is 447 g/mol. The number of rotatable bonds is 7. The second kappa shape index (κ2) is 8.46. The molecule has 2 aliphatic rings. The van der Waals surface area contributed by atoms with Gasteiger partial charge in [-0.2, -0.15) is 0 Å². The second-order valence-corrected chi connectivity index (χ2v) is 8.98. The summed E-state index contributed by atoms with van der Waals surface area (Å²) in [5.41, 5.74) is 4.08. The summed E-state index contributed by atoms with van der Waals surface area (Å²) >= 11 is 0. The van der Waals surface area contributed by atoms with Crippen molar-refractivity contribution in [1.82, 2.24) is 10.3 Å². The van der Waals surface area contributed by atoms with E-state index in [1.807, 2.05) is 57.2 Å². The summed E-state index contributed by atoms with van der Waals surface area (Å²) < 4.78 is 11.8. The van der Waals surface area contributed by atoms with E-state index in [9.17, 15) is 9.59 Å². The number of amides is 2. The van der Waals surface area contributed by atoms with Crippen molar-refractivity contribution in [2.45, 2.75) is 52.2 Å². The molecule has 0 saturated heterocycles. The van der Waals surface area contributed by atoms with Gasteiger partial charge in [0.05, 0.1) is 18.2 Å². The average molecular weight is 448 g/mol. The molecular formula is C26H29N3O4. The Bertz CT molecular complexity index is 1210. The molecular weight excluding hydrogens is 418 g/mol. The van der Waals surface area contributed by atoms with E-state index in [0.717, 1.165) is 58.5 Å². The van der Waals surface area contributed by atoms with Crippen molar-refractivity contribution in [3.8, 4) is 11.5 Å². The first kappa shape index (κ1) is 21.4. The fourth-order valence-electron chi connectivity index (χ4n) is 4.33. The summed E-state index contributed by atoms with van der Waals surface area (Å²) in [6.45, 7) is 6.47. The third-order valence-electron chi connectivity index (χ3n) is 6.25. The Labute approximate surface area is 192 Å². The van der Waals surface area contributed by atoms with Gasteiger partial charge in [0, 0.05) is 29.0 Å². The van der Waals surface area contributed by atoms with E-state index in [-0.39, 0.29) is 29.9 Å². The van der Waals surface area contributed by atoms with Crippen LogP contribution in [0.3, 0.4) is 0 Å². The molecule has 2 amide bonds. The number of anilines is 1. The molecule has 7 nitrogen and oxygen atoms in total. The van der Waals surface area contributed by atoms with Gasteiger partial charge in [-0.1, -0.05) is 12.1 Å². The third-order valence-corrected chi connectivity index (χ3v) is 6.25. The molecule has 2 heterocycles. The Kier molecular flexibility index (Phi) is 5.48. The van der Waals surface area contributed by atoms with Crippen LogP contribution in [-0.2, 0) is 11.2 Å². The molecule has 3 N–H and O–H groups in total. The highest BCUT2D eigenvalue weighted by molar-refractivity contribution is 6.02. The molecule has 3 aromatic rings. The maximum absolute atomic E-state index is 13.0. The fourth-order valence-corrected chi connectivity index (χ4v) is 4.33. The number of aromatic nitrogens is 1. The van der Waals surface area contributed by atoms with Gasteiger partial charge in [0.15, 0.2) is 0 Å². The van der Waals surface area contributed by atoms with E-state index >= 15 is 0 Å². The van der Waals surface area contributed by atoms with Crippen LogP contribution in [0.4, 0.5) is 5.69 Å². The number of carbonyl (C=O) groups excluding carboxylic acids is 2. The standard InChI is InChI=1S/C26H29N3O4/c1-4-32-22-12-18-11-14(2)33-24(18)23-20(22)13-21(29-23)26(31)27-15(3)16-7-9-19(10-8-16)28-25(30)17-5-6-17/h7-10,12-15,17,29H,4-6,11H2,1-3H3,(H,27,31)(H,28,30)/t14-,15-/m0/s1. The second-order valence-electron chi connectivity index (χ2n) is 8.98. The molecule has 1 aliphatic carbocycles. The quantitative estimate of drug-likeness (QED) is 0.488. The van der Waals surface area contributed by atoms with Crippen molar-refractivity contribution in [1.29, 1.82) is 0 Å². The number of aromatic amines is 1. The van der Waals surface area contributed by atoms with Crippen LogP contribution in [0.2, 0.25) is 0 Å². The van der Waals surface area contributed by atoms with Gasteiger partial charge in [0.1, 0.15) is 23.3 Å². The number of hydrogen-bond acceptors (Lipinski definition) is 4. The molecule has 1 aromatic heterocycles. The zero-order chi connectivity index (χ0) is 23.1. The average Bonchev–Trinajstić information content (AvgIpc) is 3.43. The Hall–Kier alpha value is -3.48. The van der Waals surface area contributed by atoms with Crippen LogP contribution in [0.1, 0.15) is 61.3 Å². The van der Waals surface area contributed by atoms with Crippen LogP contribution >= 0.6 is 0 Å². The van der Waals surface area contributed by atoms with Gasteiger partial charge in [-0.25, -0.2) is 0 Å². The van der Waals surface area contributed by atoms with Gasteiger partial charge in [0.2, 0.25) is 5.91 Å². The number of carbonyl (C=O) groups is 2. The lowest BCUT2D eigenvalue weighted by Gasteiger charge is -2.14. The van der Waals surface area contributed by atoms with Crippen molar-refractivity contribution in [3.05, 3.63) is 53.2 Å². The van der Waals surface area contributed by atoms with Crippen LogP contribution in [0.25, 0.3) is 10.9 Å². The normalized spacial score (nSPS) is 17.8. The van der Waals surface area contributed by atoms with Crippen molar-refractivity contribution >= 4 is 28.4 Å². The molecule has 1 aliphatic heterocycles. The smallest absolute Gasteiger partial charge is 0.268 e. The topological polar surface area (TPSA) is 92.5 Å². The Balaban J connectivity index is 1.33. The lowest BCUT2D eigenvalue weighted by Crippen LogP contribution is -2.26. The first-order chi connectivity index (χ1) is 15.9. The van der Waals surface area contributed by atoms with Crippen LogP contribution in [0.15, 0.2) is 36.4 Å². The minimum Gasteiger partial charge on any atom is -0.493 e. The number of hydrogen-bond donors (Lipinski definition) is 3. The maximum atomic E-state index is 13.0. The molecule has 2 atom stereocenters. The number of benzene rings is 2. The molecule has 1 fully saturated rings. The summed E-state index contributed by atoms with van der Waals surface area (Å²) in [4.78, 5) is 28.2. The zero-order valence-electron chi connectivity index (χ0n) is 19.2. The molecule has 172 valence electrons. The molecule has 2 aromatic carbocycles. The van der Waals surface area contributed by atoms with Gasteiger partial charge in [-0.15, -0.1) is 0 Å². The molecule has 0 spiro atoms. The SMILES string of the molecule is CCOc1cc2c(c3[nH]c(C(=O)N[C@@H](C)c4ccc(NC(=O)C5CC5)cc4)cc13)O[C@@H](C)C2. The van der Waals surface area contributed by atoms with E-state index in [1.165, 1.54) is 0 Å². The molecule has 0 unspecified atom stereocenters. The van der Waals surface area contributed by atoms with Gasteiger partial charge < -0.3 is 25.1 Å². The number of fused-ring (bicyclic) bond motifs is 3. The summed E-state index contributed by atoms with van der Waals surface area (Å²) in [5, 5.41) is 6.83. The number of H-pyrrole nitrogens is 1. The van der Waals surface area contributed by atoms with Crippen molar-refractivity contribution in [2.75, 3.05) is 11.9 Å². The molecule has 33 heavy (non-hydrogen) atoms. The van der Waals surface area contributed by atoms with Crippen molar-refractivity contribution in [2.24, 2.45) is 5.92 Å². The maximum Gasteiger partial charge on any atom is 0.268 e. The predicted octanol–water partition coefficient (Wildman–Crippen LogP) is 4.73. The highest BCUT2D eigenvalue weighted by Crippen LogP contribution is 2.41. The lowest BCUT2D eigenvalue weighted by atomic mass is 10.1. The fraction of sp³-hybridized carbons (Fsp3) is 0.385. The summed E-state index contributed by atoms with van der Waals surface area (Å²) in [6.07, 6.45) is 2.86. The van der Waals surface area contributed by atoms with Crippen LogP contribution in [-0.4, -0.2) is 29.5 Å². The number of nitrogens with one attached hydrogen (secondary N) is 3. The van der Waals surface area contributed by atoms with E-state index in [0.29, 0.717) is 12.3 Å². The molecule has 0 radical (unpaired) electrons. The Morgan fingerprint density at radius 3 is 2.67 bits per heavy atom. The van der Waals surface area contributed by atoms with Gasteiger partial charge in [0.25, 0.3) is 5.91 Å². The van der Waals surface area contributed by atoms with E-state index in [4.69, 9.17) is 9.47 Å².